The molecule has 2 heterocycles. The molecule has 1 N–H and O–H groups in total. The van der Waals surface area contributed by atoms with Crippen molar-refractivity contribution in [1.29, 1.82) is 0 Å². The summed E-state index contributed by atoms with van der Waals surface area (Å²) in [4.78, 5) is 15.0. The highest BCUT2D eigenvalue weighted by molar-refractivity contribution is 5.83. The molecule has 4 fully saturated rings. The number of amides is 1. The van der Waals surface area contributed by atoms with Gasteiger partial charge in [-0.25, -0.2) is 0 Å². The SMILES string of the molecule is O=C(C1C2CCCC21)N1C2CCNCC1CC2. The molecule has 17 heavy (non-hydrogen) atoms. The van der Waals surface area contributed by atoms with Crippen molar-refractivity contribution >= 4 is 5.91 Å². The van der Waals surface area contributed by atoms with Gasteiger partial charge in [-0.3, -0.25) is 4.79 Å². The molecular weight excluding hydrogens is 212 g/mol. The molecule has 2 saturated heterocycles. The maximum Gasteiger partial charge on any atom is 0.226 e. The largest absolute Gasteiger partial charge is 0.335 e. The summed E-state index contributed by atoms with van der Waals surface area (Å²) in [6.07, 6.45) is 7.66. The van der Waals surface area contributed by atoms with Crippen LogP contribution in [-0.2, 0) is 4.79 Å². The quantitative estimate of drug-likeness (QED) is 0.743. The van der Waals surface area contributed by atoms with E-state index in [4.69, 9.17) is 0 Å². The van der Waals surface area contributed by atoms with Crippen molar-refractivity contribution in [3.05, 3.63) is 0 Å². The maximum absolute atomic E-state index is 12.7. The number of carbonyl (C=O) groups is 1. The van der Waals surface area contributed by atoms with E-state index in [1.54, 1.807) is 0 Å². The molecule has 2 saturated carbocycles. The van der Waals surface area contributed by atoms with E-state index in [9.17, 15) is 4.79 Å². The van der Waals surface area contributed by atoms with Gasteiger partial charge in [0.05, 0.1) is 0 Å². The Kier molecular flexibility index (Phi) is 2.26. The molecule has 3 heteroatoms. The third-order valence-electron chi connectivity index (χ3n) is 5.60. The molecule has 0 aromatic heterocycles. The number of hydrogen-bond acceptors (Lipinski definition) is 2. The molecule has 4 atom stereocenters. The van der Waals surface area contributed by atoms with Crippen LogP contribution in [0.5, 0.6) is 0 Å². The molecule has 1 amide bonds. The lowest BCUT2D eigenvalue weighted by molar-refractivity contribution is -0.136. The predicted molar refractivity (Wildman–Crippen MR) is 65.5 cm³/mol. The number of fused-ring (bicyclic) bond motifs is 3. The van der Waals surface area contributed by atoms with Gasteiger partial charge in [-0.2, -0.15) is 0 Å². The van der Waals surface area contributed by atoms with Gasteiger partial charge in [-0.1, -0.05) is 6.42 Å². The smallest absolute Gasteiger partial charge is 0.226 e. The van der Waals surface area contributed by atoms with Crippen molar-refractivity contribution in [3.8, 4) is 0 Å². The molecule has 2 bridgehead atoms. The lowest BCUT2D eigenvalue weighted by atomic mass is 10.1. The Morgan fingerprint density at radius 3 is 2.59 bits per heavy atom. The third kappa shape index (κ3) is 1.48. The first-order valence-corrected chi connectivity index (χ1v) is 7.39. The summed E-state index contributed by atoms with van der Waals surface area (Å²) in [5.74, 6) is 2.51. The molecule has 0 aromatic rings. The van der Waals surface area contributed by atoms with Crippen molar-refractivity contribution < 1.29 is 4.79 Å². The zero-order valence-electron chi connectivity index (χ0n) is 10.4. The Morgan fingerprint density at radius 2 is 1.76 bits per heavy atom. The molecule has 94 valence electrons. The minimum absolute atomic E-state index is 0.435. The van der Waals surface area contributed by atoms with Crippen LogP contribution in [-0.4, -0.2) is 36.0 Å². The molecule has 0 radical (unpaired) electrons. The zero-order valence-corrected chi connectivity index (χ0v) is 10.4. The van der Waals surface area contributed by atoms with Gasteiger partial charge in [-0.05, 0) is 50.5 Å². The first-order valence-electron chi connectivity index (χ1n) is 7.39. The number of carbonyl (C=O) groups excluding carboxylic acids is 1. The Labute approximate surface area is 103 Å². The van der Waals surface area contributed by atoms with Gasteiger partial charge >= 0.3 is 0 Å². The first-order chi connectivity index (χ1) is 8.36. The van der Waals surface area contributed by atoms with Crippen LogP contribution in [0.3, 0.4) is 0 Å². The van der Waals surface area contributed by atoms with E-state index in [0.29, 0.717) is 23.9 Å². The second kappa shape index (κ2) is 3.71. The zero-order chi connectivity index (χ0) is 11.4. The second-order valence-corrected chi connectivity index (χ2v) is 6.41. The summed E-state index contributed by atoms with van der Waals surface area (Å²) in [6.45, 7) is 2.13. The molecule has 2 aliphatic heterocycles. The van der Waals surface area contributed by atoms with Crippen molar-refractivity contribution in [2.75, 3.05) is 13.1 Å². The van der Waals surface area contributed by atoms with Gasteiger partial charge in [-0.15, -0.1) is 0 Å². The first kappa shape index (κ1) is 10.4. The Hall–Kier alpha value is -0.570. The second-order valence-electron chi connectivity index (χ2n) is 6.41. The highest BCUT2D eigenvalue weighted by Crippen LogP contribution is 2.58. The molecule has 4 aliphatic rings. The van der Waals surface area contributed by atoms with Crippen molar-refractivity contribution in [2.45, 2.75) is 50.6 Å². The molecule has 0 aromatic carbocycles. The van der Waals surface area contributed by atoms with Crippen LogP contribution in [0.25, 0.3) is 0 Å². The summed E-state index contributed by atoms with van der Waals surface area (Å²) in [7, 11) is 0. The van der Waals surface area contributed by atoms with E-state index in [1.165, 1.54) is 38.5 Å². The summed E-state index contributed by atoms with van der Waals surface area (Å²) in [5.41, 5.74) is 0. The van der Waals surface area contributed by atoms with Crippen LogP contribution in [0.4, 0.5) is 0 Å². The van der Waals surface area contributed by atoms with Gasteiger partial charge < -0.3 is 10.2 Å². The Balaban J connectivity index is 1.52. The number of nitrogens with one attached hydrogen (secondary N) is 1. The fourth-order valence-corrected chi connectivity index (χ4v) is 4.70. The van der Waals surface area contributed by atoms with E-state index in [2.05, 4.69) is 10.2 Å². The van der Waals surface area contributed by atoms with Crippen LogP contribution < -0.4 is 5.32 Å². The lowest BCUT2D eigenvalue weighted by Crippen LogP contribution is -2.43. The maximum atomic E-state index is 12.7. The van der Waals surface area contributed by atoms with E-state index in [1.807, 2.05) is 0 Å². The van der Waals surface area contributed by atoms with E-state index < -0.39 is 0 Å². The van der Waals surface area contributed by atoms with Crippen LogP contribution in [0.1, 0.15) is 38.5 Å². The highest BCUT2D eigenvalue weighted by atomic mass is 16.2. The Morgan fingerprint density at radius 1 is 1.00 bits per heavy atom. The summed E-state index contributed by atoms with van der Waals surface area (Å²) in [5, 5.41) is 3.48. The van der Waals surface area contributed by atoms with Crippen LogP contribution in [0.15, 0.2) is 0 Å². The third-order valence-corrected chi connectivity index (χ3v) is 5.60. The summed E-state index contributed by atoms with van der Waals surface area (Å²) in [6, 6.07) is 1.07. The molecular formula is C14H22N2O. The van der Waals surface area contributed by atoms with E-state index >= 15 is 0 Å². The fraction of sp³-hybridized carbons (Fsp3) is 0.929. The molecule has 3 nitrogen and oxygen atoms in total. The standard InChI is InChI=1S/C14H22N2O/c17-14(13-11-2-1-3-12(11)13)16-9-4-5-10(16)8-15-7-6-9/h9-13,15H,1-8H2. The van der Waals surface area contributed by atoms with Gasteiger partial charge in [0.25, 0.3) is 0 Å². The van der Waals surface area contributed by atoms with Crippen LogP contribution >= 0.6 is 0 Å². The topological polar surface area (TPSA) is 32.3 Å². The van der Waals surface area contributed by atoms with Crippen LogP contribution in [0, 0.1) is 17.8 Å². The number of rotatable bonds is 1. The monoisotopic (exact) mass is 234 g/mol. The predicted octanol–water partition coefficient (Wildman–Crippen LogP) is 1.39. The fourth-order valence-electron chi connectivity index (χ4n) is 4.70. The highest BCUT2D eigenvalue weighted by Gasteiger charge is 2.59. The van der Waals surface area contributed by atoms with Crippen molar-refractivity contribution in [2.24, 2.45) is 17.8 Å². The van der Waals surface area contributed by atoms with Gasteiger partial charge in [0.15, 0.2) is 0 Å². The molecule has 2 aliphatic carbocycles. The minimum Gasteiger partial charge on any atom is -0.335 e. The van der Waals surface area contributed by atoms with Gasteiger partial charge in [0, 0.05) is 24.5 Å². The van der Waals surface area contributed by atoms with Crippen LogP contribution in [0.2, 0.25) is 0 Å². The van der Waals surface area contributed by atoms with E-state index in [0.717, 1.165) is 24.9 Å². The molecule has 4 rings (SSSR count). The van der Waals surface area contributed by atoms with Gasteiger partial charge in [0.1, 0.15) is 0 Å². The minimum atomic E-state index is 0.435. The lowest BCUT2D eigenvalue weighted by Gasteiger charge is -2.28. The summed E-state index contributed by atoms with van der Waals surface area (Å²) < 4.78 is 0. The molecule has 4 unspecified atom stereocenters. The average Bonchev–Trinajstić information content (AvgIpc) is 2.66. The Bertz CT molecular complexity index is 319. The normalized spacial score (nSPS) is 47.8. The van der Waals surface area contributed by atoms with E-state index in [-0.39, 0.29) is 0 Å². The number of hydrogen-bond donors (Lipinski definition) is 1. The number of nitrogens with zero attached hydrogens (tertiary/aromatic N) is 1. The average molecular weight is 234 g/mol. The van der Waals surface area contributed by atoms with Gasteiger partial charge in [0.2, 0.25) is 5.91 Å². The summed E-state index contributed by atoms with van der Waals surface area (Å²) >= 11 is 0. The van der Waals surface area contributed by atoms with Crippen molar-refractivity contribution in [3.63, 3.8) is 0 Å². The van der Waals surface area contributed by atoms with Crippen molar-refractivity contribution in [1.82, 2.24) is 10.2 Å². The molecule has 0 spiro atoms.